The van der Waals surface area contributed by atoms with E-state index in [1.807, 2.05) is 38.1 Å². The number of hydrogen-bond donors (Lipinski definition) is 3. The van der Waals surface area contributed by atoms with Crippen molar-refractivity contribution in [2.24, 2.45) is 0 Å². The van der Waals surface area contributed by atoms with Crippen molar-refractivity contribution in [3.05, 3.63) is 71.8 Å². The van der Waals surface area contributed by atoms with Crippen LogP contribution in [0.15, 0.2) is 55.1 Å². The van der Waals surface area contributed by atoms with Crippen molar-refractivity contribution in [3.63, 3.8) is 0 Å². The van der Waals surface area contributed by atoms with E-state index in [1.54, 1.807) is 43.9 Å². The van der Waals surface area contributed by atoms with Gasteiger partial charge >= 0.3 is 6.09 Å². The highest BCUT2D eigenvalue weighted by molar-refractivity contribution is 5.92. The minimum Gasteiger partial charge on any atom is -0.508 e. The molecule has 0 aliphatic carbocycles. The van der Waals surface area contributed by atoms with Crippen molar-refractivity contribution in [1.29, 1.82) is 0 Å². The summed E-state index contributed by atoms with van der Waals surface area (Å²) >= 11 is 0. The summed E-state index contributed by atoms with van der Waals surface area (Å²) in [7, 11) is 0. The van der Waals surface area contributed by atoms with Crippen molar-refractivity contribution >= 4 is 24.0 Å². The summed E-state index contributed by atoms with van der Waals surface area (Å²) in [5, 5.41) is 15.5. The van der Waals surface area contributed by atoms with Crippen LogP contribution in [-0.2, 0) is 20.7 Å². The fourth-order valence-corrected chi connectivity index (χ4v) is 4.66. The molecule has 2 rings (SSSR count). The lowest BCUT2D eigenvalue weighted by Crippen LogP contribution is -2.54. The second kappa shape index (κ2) is 16.6. The minimum absolute atomic E-state index is 0.1000. The molecule has 230 valence electrons. The van der Waals surface area contributed by atoms with Crippen molar-refractivity contribution in [1.82, 2.24) is 15.5 Å². The van der Waals surface area contributed by atoms with Crippen LogP contribution in [-0.4, -0.2) is 52.1 Å². The number of alkyl carbamates (subject to hydrolysis) is 1. The lowest BCUT2D eigenvalue weighted by Gasteiger charge is -2.35. The Bertz CT molecular complexity index is 1170. The minimum atomic E-state index is -1.02. The maximum Gasteiger partial charge on any atom is 0.408 e. The maximum absolute atomic E-state index is 14.5. The second-order valence-electron chi connectivity index (χ2n) is 12.0. The number of carbonyl (C=O) groups is 3. The van der Waals surface area contributed by atoms with Gasteiger partial charge in [-0.1, -0.05) is 75.6 Å². The van der Waals surface area contributed by atoms with Crippen LogP contribution in [0, 0.1) is 0 Å². The van der Waals surface area contributed by atoms with E-state index in [2.05, 4.69) is 24.1 Å². The Labute approximate surface area is 251 Å². The Balaban J connectivity index is 2.58. The number of benzene rings is 2. The highest BCUT2D eigenvalue weighted by atomic mass is 16.6. The summed E-state index contributed by atoms with van der Waals surface area (Å²) in [6, 6.07) is 11.8. The zero-order valence-corrected chi connectivity index (χ0v) is 26.1. The van der Waals surface area contributed by atoms with Crippen molar-refractivity contribution in [3.8, 4) is 5.75 Å². The molecule has 8 nitrogen and oxygen atoms in total. The molecular formula is C34H49N3O5. The number of carbonyl (C=O) groups excluding carboxylic acids is 3. The van der Waals surface area contributed by atoms with Crippen LogP contribution >= 0.6 is 0 Å². The standard InChI is InChI=1S/C34H49N3O5/c1-8-10-11-12-13-21-37(30(31(39)35-24(3)4)27-16-14-15-25(9-2)22-27)32(40)29(36-33(41)42-34(5,6)7)23-26-17-19-28(38)20-18-26/h9,14-20,22,24,29-30,38H,2,8,10-13,21,23H2,1,3-7H3,(H,35,39)(H,36,41). The normalized spacial score (nSPS) is 12.7. The van der Waals surface area contributed by atoms with E-state index in [-0.39, 0.29) is 24.1 Å². The van der Waals surface area contributed by atoms with E-state index in [9.17, 15) is 19.5 Å². The van der Waals surface area contributed by atoms with Crippen molar-refractivity contribution < 1.29 is 24.2 Å². The zero-order valence-electron chi connectivity index (χ0n) is 26.1. The van der Waals surface area contributed by atoms with Crippen LogP contribution < -0.4 is 10.6 Å². The number of aromatic hydroxyl groups is 1. The number of ether oxygens (including phenoxy) is 1. The van der Waals surface area contributed by atoms with Gasteiger partial charge in [-0.15, -0.1) is 0 Å². The molecule has 2 aromatic rings. The fraction of sp³-hybridized carbons (Fsp3) is 0.500. The monoisotopic (exact) mass is 579 g/mol. The Kier molecular flexibility index (Phi) is 13.6. The lowest BCUT2D eigenvalue weighted by atomic mass is 9.98. The molecule has 42 heavy (non-hydrogen) atoms. The largest absolute Gasteiger partial charge is 0.508 e. The van der Waals surface area contributed by atoms with Gasteiger partial charge in [-0.05, 0) is 75.9 Å². The van der Waals surface area contributed by atoms with Gasteiger partial charge in [0.1, 0.15) is 23.4 Å². The first-order chi connectivity index (χ1) is 19.8. The molecule has 0 aliphatic heterocycles. The lowest BCUT2D eigenvalue weighted by molar-refractivity contribution is -0.142. The Morgan fingerprint density at radius 3 is 2.26 bits per heavy atom. The molecule has 0 aliphatic rings. The SMILES string of the molecule is C=Cc1cccc(C(C(=O)NC(C)C)N(CCCCCCC)C(=O)C(Cc2ccc(O)cc2)NC(=O)OC(C)(C)C)c1. The number of phenolic OH excluding ortho intramolecular Hbond substituents is 1. The van der Waals surface area contributed by atoms with Gasteiger partial charge in [-0.25, -0.2) is 4.79 Å². The predicted octanol–water partition coefficient (Wildman–Crippen LogP) is 6.54. The Morgan fingerprint density at radius 1 is 1.00 bits per heavy atom. The van der Waals surface area contributed by atoms with Gasteiger partial charge in [0, 0.05) is 19.0 Å². The van der Waals surface area contributed by atoms with Gasteiger partial charge in [0.05, 0.1) is 0 Å². The van der Waals surface area contributed by atoms with Crippen LogP contribution in [0.3, 0.4) is 0 Å². The number of unbranched alkanes of at least 4 members (excludes halogenated alkanes) is 4. The van der Waals surface area contributed by atoms with E-state index in [0.29, 0.717) is 18.5 Å². The van der Waals surface area contributed by atoms with E-state index < -0.39 is 29.7 Å². The molecule has 0 saturated heterocycles. The molecule has 2 aromatic carbocycles. The fourth-order valence-electron chi connectivity index (χ4n) is 4.66. The molecule has 0 saturated carbocycles. The third-order valence-electron chi connectivity index (χ3n) is 6.60. The second-order valence-corrected chi connectivity index (χ2v) is 12.0. The molecule has 8 heteroatoms. The summed E-state index contributed by atoms with van der Waals surface area (Å²) in [6.07, 6.45) is 5.95. The first kappa shape index (κ1) is 34.4. The highest BCUT2D eigenvalue weighted by Gasteiger charge is 2.36. The van der Waals surface area contributed by atoms with Gasteiger partial charge in [0.2, 0.25) is 11.8 Å². The molecule has 0 aromatic heterocycles. The molecular weight excluding hydrogens is 530 g/mol. The molecule has 0 heterocycles. The number of phenols is 1. The van der Waals surface area contributed by atoms with Gasteiger partial charge in [0.15, 0.2) is 0 Å². The zero-order chi connectivity index (χ0) is 31.3. The van der Waals surface area contributed by atoms with E-state index in [4.69, 9.17) is 4.74 Å². The third-order valence-corrected chi connectivity index (χ3v) is 6.60. The van der Waals surface area contributed by atoms with Crippen LogP contribution in [0.1, 0.15) is 96.4 Å². The number of nitrogens with zero attached hydrogens (tertiary/aromatic N) is 1. The van der Waals surface area contributed by atoms with Crippen LogP contribution in [0.4, 0.5) is 4.79 Å². The smallest absolute Gasteiger partial charge is 0.408 e. The average molecular weight is 580 g/mol. The number of nitrogens with one attached hydrogen (secondary N) is 2. The summed E-state index contributed by atoms with van der Waals surface area (Å²) in [5.74, 6) is -0.589. The van der Waals surface area contributed by atoms with Crippen molar-refractivity contribution in [2.45, 2.75) is 104 Å². The molecule has 2 atom stereocenters. The number of amides is 3. The number of hydrogen-bond acceptors (Lipinski definition) is 5. The summed E-state index contributed by atoms with van der Waals surface area (Å²) in [5.41, 5.74) is 1.47. The van der Waals surface area contributed by atoms with E-state index >= 15 is 0 Å². The number of rotatable bonds is 15. The average Bonchev–Trinajstić information content (AvgIpc) is 2.91. The summed E-state index contributed by atoms with van der Waals surface area (Å²) in [6.45, 7) is 15.4. The van der Waals surface area contributed by atoms with Gasteiger partial charge < -0.3 is 25.4 Å². The molecule has 0 spiro atoms. The molecule has 0 bridgehead atoms. The van der Waals surface area contributed by atoms with Crippen LogP contribution in [0.2, 0.25) is 0 Å². The van der Waals surface area contributed by atoms with E-state index in [1.165, 1.54) is 12.1 Å². The van der Waals surface area contributed by atoms with Gasteiger partial charge in [0.25, 0.3) is 0 Å². The molecule has 2 unspecified atom stereocenters. The Hall–Kier alpha value is -3.81. The quantitative estimate of drug-likeness (QED) is 0.208. The van der Waals surface area contributed by atoms with Gasteiger partial charge in [-0.2, -0.15) is 0 Å². The summed E-state index contributed by atoms with van der Waals surface area (Å²) in [4.78, 5) is 42.8. The topological polar surface area (TPSA) is 108 Å². The Morgan fingerprint density at radius 2 is 1.67 bits per heavy atom. The molecule has 3 amide bonds. The van der Waals surface area contributed by atoms with Gasteiger partial charge in [-0.3, -0.25) is 9.59 Å². The molecule has 0 fully saturated rings. The van der Waals surface area contributed by atoms with E-state index in [0.717, 1.165) is 36.8 Å². The van der Waals surface area contributed by atoms with Crippen molar-refractivity contribution in [2.75, 3.05) is 6.54 Å². The molecule has 3 N–H and O–H groups in total. The third kappa shape index (κ3) is 11.6. The van der Waals surface area contributed by atoms with Crippen LogP contribution in [0.25, 0.3) is 6.08 Å². The maximum atomic E-state index is 14.5. The van der Waals surface area contributed by atoms with Crippen LogP contribution in [0.5, 0.6) is 5.75 Å². The highest BCUT2D eigenvalue weighted by Crippen LogP contribution is 2.26. The first-order valence-corrected chi connectivity index (χ1v) is 14.9. The molecule has 0 radical (unpaired) electrons. The predicted molar refractivity (Wildman–Crippen MR) is 168 cm³/mol. The summed E-state index contributed by atoms with van der Waals surface area (Å²) < 4.78 is 5.50. The first-order valence-electron chi connectivity index (χ1n) is 14.9.